The number of nitrogens with one attached hydrogen (secondary N) is 1. The minimum atomic E-state index is -5.09. The monoisotopic (exact) mass is 1140 g/mol. The van der Waals surface area contributed by atoms with Crippen LogP contribution < -0.4 is 5.32 Å². The molecule has 1 amide bonds. The van der Waals surface area contributed by atoms with E-state index in [4.69, 9.17) is 9.05 Å². The minimum Gasteiger partial charge on any atom is -0.387 e. The number of phosphoric acid groups is 1. The lowest BCUT2D eigenvalue weighted by atomic mass is 9.85. The van der Waals surface area contributed by atoms with Gasteiger partial charge in [0.25, 0.3) is 0 Å². The first-order valence-electron chi connectivity index (χ1n) is 34.1. The molecule has 79 heavy (non-hydrogen) atoms. The average Bonchev–Trinajstić information content (AvgIpc) is 3.45. The van der Waals surface area contributed by atoms with Gasteiger partial charge in [-0.2, -0.15) is 0 Å². The number of carbonyl (C=O) groups excluding carboxylic acids is 1. The zero-order valence-electron chi connectivity index (χ0n) is 51.5. The van der Waals surface area contributed by atoms with Gasteiger partial charge in [-0.05, 0) is 19.3 Å². The van der Waals surface area contributed by atoms with Crippen LogP contribution in [0.4, 0.5) is 0 Å². The molecule has 6 unspecified atom stereocenters. The molecule has 12 nitrogen and oxygen atoms in total. The summed E-state index contributed by atoms with van der Waals surface area (Å²) in [6.07, 6.45) is 57.6. The topological polar surface area (TPSA) is 206 Å². The van der Waals surface area contributed by atoms with Gasteiger partial charge in [0, 0.05) is 6.42 Å². The Balaban J connectivity index is 2.15. The van der Waals surface area contributed by atoms with E-state index in [1.54, 1.807) is 6.08 Å². The molecule has 0 aliphatic heterocycles. The third kappa shape index (κ3) is 45.2. The molecule has 1 aliphatic carbocycles. The van der Waals surface area contributed by atoms with Crippen molar-refractivity contribution in [1.82, 2.24) is 5.32 Å². The van der Waals surface area contributed by atoms with Crippen molar-refractivity contribution in [3.05, 3.63) is 12.2 Å². The second-order valence-electron chi connectivity index (χ2n) is 24.4. The highest BCUT2D eigenvalue weighted by Gasteiger charge is 2.51. The van der Waals surface area contributed by atoms with Gasteiger partial charge in [-0.3, -0.25) is 13.8 Å². The summed E-state index contributed by atoms with van der Waals surface area (Å²) in [7, 11) is -5.09. The average molecular weight is 1140 g/mol. The van der Waals surface area contributed by atoms with Crippen LogP contribution in [0, 0.1) is 0 Å². The Bertz CT molecular complexity index is 1380. The molecular weight excluding hydrogens is 1010 g/mol. The van der Waals surface area contributed by atoms with Crippen LogP contribution in [0.15, 0.2) is 12.2 Å². The van der Waals surface area contributed by atoms with Gasteiger partial charge in [0.1, 0.15) is 36.6 Å². The highest BCUT2D eigenvalue weighted by Crippen LogP contribution is 2.47. The Labute approximate surface area is 486 Å². The molecule has 0 aromatic carbocycles. The summed E-state index contributed by atoms with van der Waals surface area (Å²) >= 11 is 0. The molecule has 1 rings (SSSR count). The first-order chi connectivity index (χ1) is 38.4. The fourth-order valence-electron chi connectivity index (χ4n) is 11.4. The number of rotatable bonds is 60. The van der Waals surface area contributed by atoms with E-state index in [0.29, 0.717) is 6.42 Å². The molecule has 0 aromatic heterocycles. The Morgan fingerprint density at radius 3 is 0.962 bits per heavy atom. The molecule has 1 fully saturated rings. The third-order valence-electron chi connectivity index (χ3n) is 16.8. The molecule has 9 atom stereocenters. The quantitative estimate of drug-likeness (QED) is 0.0163. The molecule has 0 radical (unpaired) electrons. The predicted molar refractivity (Wildman–Crippen MR) is 329 cm³/mol. The van der Waals surface area contributed by atoms with Gasteiger partial charge in [-0.15, -0.1) is 0 Å². The summed E-state index contributed by atoms with van der Waals surface area (Å²) in [6.45, 7) is 3.90. The van der Waals surface area contributed by atoms with E-state index in [9.17, 15) is 44.9 Å². The van der Waals surface area contributed by atoms with Crippen molar-refractivity contribution >= 4 is 13.7 Å². The number of aliphatic hydroxyl groups excluding tert-OH is 6. The smallest absolute Gasteiger partial charge is 0.387 e. The molecule has 0 heterocycles. The number of carbonyl (C=O) groups is 1. The van der Waals surface area contributed by atoms with E-state index >= 15 is 0 Å². The molecule has 8 N–H and O–H groups in total. The summed E-state index contributed by atoms with van der Waals surface area (Å²) in [6, 6.07) is -1.11. The van der Waals surface area contributed by atoms with E-state index in [2.05, 4.69) is 19.2 Å². The lowest BCUT2D eigenvalue weighted by Gasteiger charge is -2.41. The van der Waals surface area contributed by atoms with Crippen LogP contribution >= 0.6 is 7.82 Å². The van der Waals surface area contributed by atoms with Crippen molar-refractivity contribution in [1.29, 1.82) is 0 Å². The van der Waals surface area contributed by atoms with Crippen molar-refractivity contribution in [2.24, 2.45) is 0 Å². The second-order valence-corrected chi connectivity index (χ2v) is 25.8. The third-order valence-corrected chi connectivity index (χ3v) is 17.8. The maximum absolute atomic E-state index is 13.1. The van der Waals surface area contributed by atoms with Gasteiger partial charge in [0.05, 0.1) is 18.8 Å². The largest absolute Gasteiger partial charge is 0.472 e. The summed E-state index contributed by atoms with van der Waals surface area (Å²) in [5.74, 6) is -0.332. The number of unbranched alkanes of at least 4 members (excludes halogenated alkanes) is 49. The molecule has 1 saturated carbocycles. The highest BCUT2D eigenvalue weighted by atomic mass is 31.2. The summed E-state index contributed by atoms with van der Waals surface area (Å²) in [4.78, 5) is 23.6. The second kappa shape index (κ2) is 55.0. The standard InChI is InChI=1S/C66H130NO11P/c1-3-5-7-9-11-13-15-17-19-21-22-23-24-25-26-27-28-29-30-31-32-33-34-35-36-37-38-39-40-42-44-46-48-50-52-54-56-60(69)67-58(57-77-79(75,76)78-66-64(73)62(71)61(70)63(72)65(66)74)59(68)55-53-51-49-47-45-43-41-20-18-16-14-12-10-8-6-4-2/h53,55,58-59,61-66,68,70-74H,3-52,54,56-57H2,1-2H3,(H,67,69)(H,75,76)/b55-53+/t58-,59+,61?,62+,63?,64?,65?,66?/m0/s1. The summed E-state index contributed by atoms with van der Waals surface area (Å²) < 4.78 is 23.1. The van der Waals surface area contributed by atoms with Crippen LogP contribution in [0.3, 0.4) is 0 Å². The molecule has 470 valence electrons. The van der Waals surface area contributed by atoms with Gasteiger partial charge in [0.2, 0.25) is 5.91 Å². The number of allylic oxidation sites excluding steroid dienone is 1. The van der Waals surface area contributed by atoms with Crippen LogP contribution in [0.2, 0.25) is 0 Å². The Morgan fingerprint density at radius 2 is 0.671 bits per heavy atom. The number of hydrogen-bond donors (Lipinski definition) is 8. The van der Waals surface area contributed by atoms with E-state index < -0.39 is 63.2 Å². The zero-order chi connectivity index (χ0) is 57.7. The SMILES string of the molecule is CCCCCCCCCCCCCCCC/C=C/[C@@H](O)[C@H](COP(=O)(O)OC1C(O)C(O)C(O)[C@@H](O)C1O)NC(=O)CCCCCCCCCCCCCCCCCCCCCCCCCCCCCCCCCCCCCC. The summed E-state index contributed by atoms with van der Waals surface area (Å²) in [5, 5.41) is 64.5. The van der Waals surface area contributed by atoms with Crippen LogP contribution in [0.5, 0.6) is 0 Å². The fraction of sp³-hybridized carbons (Fsp3) is 0.955. The fourth-order valence-corrected chi connectivity index (χ4v) is 12.3. The van der Waals surface area contributed by atoms with Crippen LogP contribution in [0.25, 0.3) is 0 Å². The van der Waals surface area contributed by atoms with Gasteiger partial charge in [0.15, 0.2) is 0 Å². The minimum absolute atomic E-state index is 0.220. The van der Waals surface area contributed by atoms with Crippen LogP contribution in [-0.4, -0.2) is 96.8 Å². The summed E-state index contributed by atoms with van der Waals surface area (Å²) in [5.41, 5.74) is 0. The molecule has 0 saturated heterocycles. The number of amides is 1. The Kier molecular flexibility index (Phi) is 53.0. The first-order valence-corrected chi connectivity index (χ1v) is 35.6. The molecule has 0 aromatic rings. The molecule has 13 heteroatoms. The zero-order valence-corrected chi connectivity index (χ0v) is 52.4. The van der Waals surface area contributed by atoms with Gasteiger partial charge in [-0.1, -0.05) is 334 Å². The van der Waals surface area contributed by atoms with E-state index in [1.807, 2.05) is 6.08 Å². The van der Waals surface area contributed by atoms with E-state index in [1.165, 1.54) is 276 Å². The van der Waals surface area contributed by atoms with Gasteiger partial charge < -0.3 is 40.8 Å². The molecule has 1 aliphatic rings. The van der Waals surface area contributed by atoms with E-state index in [0.717, 1.165) is 44.9 Å². The van der Waals surface area contributed by atoms with Gasteiger partial charge >= 0.3 is 7.82 Å². The van der Waals surface area contributed by atoms with Crippen LogP contribution in [-0.2, 0) is 18.4 Å². The normalized spacial score (nSPS) is 20.3. The van der Waals surface area contributed by atoms with Crippen molar-refractivity contribution in [2.75, 3.05) is 6.61 Å². The Hall–Kier alpha value is -0.920. The van der Waals surface area contributed by atoms with E-state index in [-0.39, 0.29) is 12.3 Å². The van der Waals surface area contributed by atoms with Crippen molar-refractivity contribution in [3.63, 3.8) is 0 Å². The van der Waals surface area contributed by atoms with Crippen molar-refractivity contribution in [3.8, 4) is 0 Å². The Morgan fingerprint density at radius 1 is 0.418 bits per heavy atom. The predicted octanol–water partition coefficient (Wildman–Crippen LogP) is 17.0. The molecule has 0 spiro atoms. The first kappa shape index (κ1) is 76.1. The number of hydrogen-bond acceptors (Lipinski definition) is 10. The lowest BCUT2D eigenvalue weighted by molar-refractivity contribution is -0.220. The number of phosphoric ester groups is 1. The number of aliphatic hydroxyl groups is 6. The molecular formula is C66H130NO11P. The van der Waals surface area contributed by atoms with Gasteiger partial charge in [-0.25, -0.2) is 4.57 Å². The maximum Gasteiger partial charge on any atom is 0.472 e. The maximum atomic E-state index is 13.1. The molecule has 0 bridgehead atoms. The van der Waals surface area contributed by atoms with Crippen molar-refractivity contribution in [2.45, 2.75) is 396 Å². The van der Waals surface area contributed by atoms with Crippen molar-refractivity contribution < 1.29 is 53.9 Å². The van der Waals surface area contributed by atoms with Crippen LogP contribution in [0.1, 0.15) is 348 Å². The highest BCUT2D eigenvalue weighted by molar-refractivity contribution is 7.47. The lowest BCUT2D eigenvalue weighted by Crippen LogP contribution is -2.64.